The summed E-state index contributed by atoms with van der Waals surface area (Å²) in [4.78, 5) is 108. The van der Waals surface area contributed by atoms with Gasteiger partial charge in [0.25, 0.3) is 0 Å². The van der Waals surface area contributed by atoms with Gasteiger partial charge in [-0.15, -0.1) is 0 Å². The predicted molar refractivity (Wildman–Crippen MR) is 449 cm³/mol. The van der Waals surface area contributed by atoms with Gasteiger partial charge in [-0.05, 0) is 48.5 Å². The number of para-hydroxylation sites is 1. The van der Waals surface area contributed by atoms with E-state index in [1.807, 2.05) is 62.3 Å². The molecule has 9 N–H and O–H groups in total. The normalized spacial score (nSPS) is 13.5. The highest BCUT2D eigenvalue weighted by molar-refractivity contribution is 5.93. The molecule has 5 amide bonds. The lowest BCUT2D eigenvalue weighted by molar-refractivity contribution is 0.180. The number of fused-ring (bicyclic) bond motifs is 6. The first-order chi connectivity index (χ1) is 60.3. The Morgan fingerprint density at radius 1 is 0.427 bits per heavy atom. The quantitative estimate of drug-likeness (QED) is 0.0302. The highest BCUT2D eigenvalue weighted by atomic mass is 19.1. The van der Waals surface area contributed by atoms with E-state index >= 15 is 0 Å². The summed E-state index contributed by atoms with van der Waals surface area (Å²) < 4.78 is 109. The summed E-state index contributed by atoms with van der Waals surface area (Å²) in [6.45, 7) is 11.0. The molecule has 0 saturated carbocycles. The fraction of sp³-hybridized carbons (Fsp3) is 0.305. The number of ether oxygens (including phenoxy) is 10. The molecule has 5 aromatic carbocycles. The van der Waals surface area contributed by atoms with Gasteiger partial charge in [-0.1, -0.05) is 6.07 Å². The molecule has 6 aliphatic rings. The molecule has 0 aliphatic carbocycles. The van der Waals surface area contributed by atoms with Gasteiger partial charge < -0.3 is 112 Å². The highest BCUT2D eigenvalue weighted by Crippen LogP contribution is 2.44. The van der Waals surface area contributed by atoms with E-state index in [9.17, 15) is 36.7 Å². The molecule has 42 heteroatoms. The highest BCUT2D eigenvalue weighted by Gasteiger charge is 2.31. The van der Waals surface area contributed by atoms with Crippen molar-refractivity contribution >= 4 is 81.3 Å². The van der Waals surface area contributed by atoms with Crippen molar-refractivity contribution in [2.45, 2.75) is 39.3 Å². The second-order valence-electron chi connectivity index (χ2n) is 27.7. The van der Waals surface area contributed by atoms with Gasteiger partial charge in [0.15, 0.2) is 52.1 Å². The van der Waals surface area contributed by atoms with Crippen LogP contribution < -0.4 is 88.3 Å². The second kappa shape index (κ2) is 41.6. The molecule has 124 heavy (non-hydrogen) atoms. The Balaban J connectivity index is 0.000000128. The molecule has 0 fully saturated rings. The number of amides is 5. The Labute approximate surface area is 708 Å². The SMILES string of the molecule is CNC(=O)N(C)c1cc(F)c2c(c1)N(Cc1cnc[nH]1)CCO2.COC(=O)N(C)c1cc(F)c2c(c1)N(Cc1cnc[nH]1)CCO2.COC(=O)Nc1cc(F)c2c(c1)N(Cc1cnc[nH]1)CCO2.COC(=O)Nc1cc2c(cc1F)OCCN2Cc1cnc[nH]1.COc1cccc2c1N(Cc1cnc[nH]1)CCO2.c1cnc2c(c1)OCCN2Cc1cnc[nH]1. The summed E-state index contributed by atoms with van der Waals surface area (Å²) in [7, 11) is 10.1. The van der Waals surface area contributed by atoms with Crippen LogP contribution in [-0.4, -0.2) is 218 Å². The first-order valence-corrected chi connectivity index (χ1v) is 38.9. The molecule has 0 atom stereocenters. The Hall–Kier alpha value is -15.3. The zero-order valence-electron chi connectivity index (χ0n) is 68.7. The molecule has 0 bridgehead atoms. The number of imidazole rings is 6. The van der Waals surface area contributed by atoms with Gasteiger partial charge in [0, 0.05) is 94.5 Å². The average molecular weight is 1710 g/mol. The average Bonchev–Trinajstić information content (AvgIpc) is 0.907. The number of benzene rings is 5. The number of aromatic amines is 6. The van der Waals surface area contributed by atoms with E-state index in [1.165, 1.54) is 75.6 Å². The van der Waals surface area contributed by atoms with Crippen LogP contribution in [0.2, 0.25) is 0 Å². The van der Waals surface area contributed by atoms with Crippen LogP contribution >= 0.6 is 0 Å². The van der Waals surface area contributed by atoms with Crippen molar-refractivity contribution < 1.29 is 84.1 Å². The summed E-state index contributed by atoms with van der Waals surface area (Å²) in [5.74, 6) is 2.40. The second-order valence-corrected chi connectivity index (χ2v) is 27.7. The maximum atomic E-state index is 14.4. The molecule has 12 aromatic rings. The monoisotopic (exact) mass is 1710 g/mol. The van der Waals surface area contributed by atoms with E-state index in [0.717, 1.165) is 89.1 Å². The number of nitrogens with zero attached hydrogens (tertiary/aromatic N) is 15. The van der Waals surface area contributed by atoms with E-state index in [-0.39, 0.29) is 29.0 Å². The standard InChI is InChI=1S/C15H18FN5O2.C15H17FN4O3.2C14H15FN4O3.C13H15N3O2.C11H12N4O/c1-17-15(22)20(2)11-5-12(16)14-13(6-11)21(3-4-23-14)8-10-7-18-9-19-10;1-19(15(21)22-2)11-5-12(16)14-13(6-11)20(3-4-23-14)8-10-7-17-9-18-10;1-21-14(20)18-11-5-12-13(4-10(11)15)22-3-2-19(12)7-9-6-16-8-17-9;1-21-14(20)18-9-4-11(15)13-12(5-9)19(2-3-22-13)7-10-6-16-8-17-10;1-17-11-3-2-4-12-13(11)16(5-6-18-12)8-10-7-14-9-15-10;1-2-10-11(13-3-1)15(4-5-16-10)7-9-6-12-8-14-9/h5-7,9H,3-4,8H2,1-2H3,(H,17,22)(H,18,19);5-7,9H,3-4,8H2,1-2H3,(H,17,18);2*4-6,8H,2-3,7H2,1H3,(H,16,17)(H,18,20);2-4,7,9H,5-6,8H2,1H3,(H,14,15);1-3,6,8H,4-5,7H2,(H,12,14). The third-order valence-corrected chi connectivity index (χ3v) is 19.8. The number of hydrogen-bond acceptors (Lipinski definition) is 27. The largest absolute Gasteiger partial charge is 0.494 e. The van der Waals surface area contributed by atoms with Crippen LogP contribution in [0.1, 0.15) is 34.2 Å². The van der Waals surface area contributed by atoms with Crippen molar-refractivity contribution in [1.29, 1.82) is 0 Å². The van der Waals surface area contributed by atoms with E-state index in [0.29, 0.717) is 138 Å². The van der Waals surface area contributed by atoms with Gasteiger partial charge in [0.2, 0.25) is 0 Å². The Kier molecular flexibility index (Phi) is 29.0. The molecule has 18 rings (SSSR count). The lowest BCUT2D eigenvalue weighted by atomic mass is 10.2. The molecule has 652 valence electrons. The zero-order chi connectivity index (χ0) is 87.0. The van der Waals surface area contributed by atoms with Crippen LogP contribution in [-0.2, 0) is 53.5 Å². The molecule has 6 aliphatic heterocycles. The number of nitrogens with one attached hydrogen (secondary N) is 9. The number of carbonyl (C=O) groups is 4. The third kappa shape index (κ3) is 21.8. The van der Waals surface area contributed by atoms with Crippen molar-refractivity contribution in [2.75, 3.05) is 178 Å². The van der Waals surface area contributed by atoms with E-state index < -0.39 is 41.5 Å². The summed E-state index contributed by atoms with van der Waals surface area (Å²) >= 11 is 0. The van der Waals surface area contributed by atoms with Gasteiger partial charge in [-0.3, -0.25) is 20.4 Å². The number of aromatic nitrogens is 13. The smallest absolute Gasteiger partial charge is 0.413 e. The molecule has 13 heterocycles. The van der Waals surface area contributed by atoms with Gasteiger partial charge in [0.1, 0.15) is 62.6 Å². The first kappa shape index (κ1) is 86.6. The fourth-order valence-electron chi connectivity index (χ4n) is 13.7. The van der Waals surface area contributed by atoms with Crippen LogP contribution in [0.15, 0.2) is 160 Å². The molecule has 38 nitrogen and oxygen atoms in total. The van der Waals surface area contributed by atoms with Crippen LogP contribution in [0.5, 0.6) is 40.2 Å². The number of methoxy groups -OCH3 is 4. The summed E-state index contributed by atoms with van der Waals surface area (Å²) in [6, 6.07) is 21.1. The lowest BCUT2D eigenvalue weighted by Crippen LogP contribution is -2.36. The van der Waals surface area contributed by atoms with Gasteiger partial charge in [0.05, 0.1) is 219 Å². The van der Waals surface area contributed by atoms with E-state index in [1.54, 1.807) is 101 Å². The maximum absolute atomic E-state index is 14.4. The minimum absolute atomic E-state index is 0.0470. The maximum Gasteiger partial charge on any atom is 0.413 e. The minimum Gasteiger partial charge on any atom is -0.494 e. The van der Waals surface area contributed by atoms with Crippen molar-refractivity contribution in [3.05, 3.63) is 218 Å². The fourth-order valence-corrected chi connectivity index (χ4v) is 13.7. The van der Waals surface area contributed by atoms with Crippen LogP contribution in [0.4, 0.5) is 93.7 Å². The van der Waals surface area contributed by atoms with Crippen LogP contribution in [0.3, 0.4) is 0 Å². The predicted octanol–water partition coefficient (Wildman–Crippen LogP) is 11.1. The van der Waals surface area contributed by atoms with Crippen molar-refractivity contribution in [3.8, 4) is 40.2 Å². The topological polar surface area (TPSA) is 408 Å². The zero-order valence-corrected chi connectivity index (χ0v) is 68.7. The van der Waals surface area contributed by atoms with E-state index in [2.05, 4.69) is 105 Å². The van der Waals surface area contributed by atoms with Crippen molar-refractivity contribution in [3.63, 3.8) is 0 Å². The number of hydrogen-bond donors (Lipinski definition) is 9. The molecule has 0 radical (unpaired) electrons. The Bertz CT molecular complexity index is 5340. The lowest BCUT2D eigenvalue weighted by Gasteiger charge is -2.32. The molecular weight excluding hydrogens is 1620 g/mol. The van der Waals surface area contributed by atoms with Gasteiger partial charge >= 0.3 is 24.3 Å². The summed E-state index contributed by atoms with van der Waals surface area (Å²) in [5.41, 5.74) is 10.5. The van der Waals surface area contributed by atoms with E-state index in [4.69, 9.17) is 33.2 Å². The summed E-state index contributed by atoms with van der Waals surface area (Å²) in [5, 5.41) is 7.33. The summed E-state index contributed by atoms with van der Waals surface area (Å²) in [6.07, 6.45) is 20.2. The van der Waals surface area contributed by atoms with Crippen molar-refractivity contribution in [2.24, 2.45) is 0 Å². The van der Waals surface area contributed by atoms with Crippen LogP contribution in [0.25, 0.3) is 0 Å². The number of H-pyrrole nitrogens is 6. The van der Waals surface area contributed by atoms with Crippen molar-refractivity contribution in [1.82, 2.24) is 70.1 Å². The molecule has 0 unspecified atom stereocenters. The number of carbonyl (C=O) groups excluding carboxylic acids is 4. The van der Waals surface area contributed by atoms with Gasteiger partial charge in [-0.2, -0.15) is 0 Å². The molecule has 0 spiro atoms. The third-order valence-electron chi connectivity index (χ3n) is 19.8. The number of anilines is 10. The minimum atomic E-state index is -0.726. The van der Waals surface area contributed by atoms with Gasteiger partial charge in [-0.25, -0.2) is 71.6 Å². The number of rotatable bonds is 17. The number of pyridine rings is 1. The number of halogens is 4. The first-order valence-electron chi connectivity index (χ1n) is 38.9. The molecule has 0 saturated heterocycles. The Morgan fingerprint density at radius 2 is 0.831 bits per heavy atom. The molecular formula is C82H92F4N24O14. The molecule has 7 aromatic heterocycles. The van der Waals surface area contributed by atoms with Crippen LogP contribution in [0, 0.1) is 23.3 Å². The Morgan fingerprint density at radius 3 is 1.29 bits per heavy atom. The number of urea groups is 1.